The van der Waals surface area contributed by atoms with Gasteiger partial charge in [-0.2, -0.15) is 18.3 Å². The quantitative estimate of drug-likeness (QED) is 0.853. The molecule has 11 heteroatoms. The second-order valence-electron chi connectivity index (χ2n) is 5.44. The molecule has 3 rings (SSSR count). The fourth-order valence-electron chi connectivity index (χ4n) is 2.14. The zero-order valence-electron chi connectivity index (χ0n) is 13.5. The molecule has 2 aromatic heterocycles. The van der Waals surface area contributed by atoms with Crippen LogP contribution in [-0.4, -0.2) is 38.8 Å². The Morgan fingerprint density at radius 1 is 1.31 bits per heavy atom. The monoisotopic (exact) mass is 369 g/mol. The summed E-state index contributed by atoms with van der Waals surface area (Å²) in [6, 6.07) is 2.41. The van der Waals surface area contributed by atoms with E-state index in [0.29, 0.717) is 17.0 Å². The van der Waals surface area contributed by atoms with Gasteiger partial charge in [0.1, 0.15) is 6.26 Å². The second kappa shape index (κ2) is 7.02. The van der Waals surface area contributed by atoms with E-state index in [1.54, 1.807) is 0 Å². The van der Waals surface area contributed by atoms with Crippen molar-refractivity contribution in [2.24, 2.45) is 0 Å². The molecule has 0 fully saturated rings. The molecule has 1 atom stereocenters. The van der Waals surface area contributed by atoms with E-state index in [4.69, 9.17) is 4.74 Å². The van der Waals surface area contributed by atoms with Crippen molar-refractivity contribution in [1.82, 2.24) is 25.1 Å². The molecule has 2 aromatic rings. The molecule has 1 N–H and O–H groups in total. The summed E-state index contributed by atoms with van der Waals surface area (Å²) in [5.74, 6) is 0. The van der Waals surface area contributed by atoms with Crippen molar-refractivity contribution < 1.29 is 22.6 Å². The third-order valence-electron chi connectivity index (χ3n) is 3.28. The maximum Gasteiger partial charge on any atom is 0.422 e. The Morgan fingerprint density at radius 3 is 2.65 bits per heavy atom. The lowest BCUT2D eigenvalue weighted by Gasteiger charge is -2.09. The van der Waals surface area contributed by atoms with E-state index in [-0.39, 0.29) is 18.3 Å². The molecule has 1 unspecified atom stereocenters. The van der Waals surface area contributed by atoms with Crippen LogP contribution in [0.5, 0.6) is 6.01 Å². The average molecular weight is 369 g/mol. The highest BCUT2D eigenvalue weighted by molar-refractivity contribution is 5.55. The van der Waals surface area contributed by atoms with Crippen LogP contribution in [0.3, 0.4) is 0 Å². The van der Waals surface area contributed by atoms with Gasteiger partial charge in [-0.1, -0.05) is 0 Å². The fourth-order valence-corrected chi connectivity index (χ4v) is 2.14. The number of hydrogen-bond acceptors (Lipinski definition) is 7. The average Bonchev–Trinajstić information content (AvgIpc) is 3.00. The molecule has 0 amide bonds. The number of hydrogen-bond donors (Lipinski definition) is 1. The van der Waals surface area contributed by atoms with Gasteiger partial charge in [0.15, 0.2) is 12.8 Å². The summed E-state index contributed by atoms with van der Waals surface area (Å²) < 4.78 is 47.3. The van der Waals surface area contributed by atoms with Crippen molar-refractivity contribution in [1.29, 1.82) is 0 Å². The molecule has 26 heavy (non-hydrogen) atoms. The number of alkyl halides is 3. The first-order chi connectivity index (χ1) is 12.3. The topological polar surface area (TPSA) is 91.2 Å². The van der Waals surface area contributed by atoms with Gasteiger partial charge < -0.3 is 14.8 Å². The van der Waals surface area contributed by atoms with E-state index < -0.39 is 18.8 Å². The van der Waals surface area contributed by atoms with E-state index in [9.17, 15) is 18.0 Å². The van der Waals surface area contributed by atoms with E-state index in [1.807, 2.05) is 6.92 Å². The van der Waals surface area contributed by atoms with E-state index >= 15 is 0 Å². The Morgan fingerprint density at radius 2 is 2.04 bits per heavy atom. The third-order valence-corrected chi connectivity index (χ3v) is 3.28. The summed E-state index contributed by atoms with van der Waals surface area (Å²) in [6.45, 7) is 0.526. The maximum atomic E-state index is 12.1. The first-order valence-electron chi connectivity index (χ1n) is 7.51. The van der Waals surface area contributed by atoms with Gasteiger partial charge in [-0.05, 0) is 13.0 Å². The van der Waals surface area contributed by atoms with E-state index in [1.165, 1.54) is 35.5 Å². The van der Waals surface area contributed by atoms with Crippen molar-refractivity contribution in [3.05, 3.63) is 46.8 Å². The lowest BCUT2D eigenvalue weighted by Crippen LogP contribution is -2.28. The first-order valence-corrected chi connectivity index (χ1v) is 7.51. The summed E-state index contributed by atoms with van der Waals surface area (Å²) in [5, 5.41) is 7.24. The summed E-state index contributed by atoms with van der Waals surface area (Å²) in [7, 11) is 0. The smallest absolute Gasteiger partial charge is 0.422 e. The van der Waals surface area contributed by atoms with Gasteiger partial charge in [-0.25, -0.2) is 14.6 Å². The van der Waals surface area contributed by atoms with E-state index in [0.717, 1.165) is 0 Å². The van der Waals surface area contributed by atoms with Crippen LogP contribution in [-0.2, 0) is 11.3 Å². The Bertz CT molecular complexity index is 864. The molecule has 8 nitrogen and oxygen atoms in total. The van der Waals surface area contributed by atoms with Crippen LogP contribution in [0.25, 0.3) is 11.3 Å². The standard InChI is InChI=1S/C15H14F3N5O3/c1-9-21-11(7-25-9)6-23-13(24)3-2-12(22-23)10-4-19-14(20-5-10)26-8-15(16,17)18/h2-5,7,9,21H,6,8H2,1H3. The molecule has 0 aliphatic carbocycles. The molecule has 0 bridgehead atoms. The molecule has 0 spiro atoms. The molecule has 0 aromatic carbocycles. The third kappa shape index (κ3) is 4.49. The van der Waals surface area contributed by atoms with Crippen LogP contribution >= 0.6 is 0 Å². The molecule has 138 valence electrons. The summed E-state index contributed by atoms with van der Waals surface area (Å²) in [4.78, 5) is 19.4. The van der Waals surface area contributed by atoms with Crippen molar-refractivity contribution in [3.63, 3.8) is 0 Å². The van der Waals surface area contributed by atoms with Gasteiger partial charge in [-0.15, -0.1) is 0 Å². The molecule has 3 heterocycles. The van der Waals surface area contributed by atoms with Gasteiger partial charge in [-0.3, -0.25) is 4.79 Å². The van der Waals surface area contributed by atoms with Gasteiger partial charge in [0.25, 0.3) is 5.56 Å². The second-order valence-corrected chi connectivity index (χ2v) is 5.44. The van der Waals surface area contributed by atoms with Crippen molar-refractivity contribution >= 4 is 0 Å². The van der Waals surface area contributed by atoms with Crippen LogP contribution in [0.15, 0.2) is 41.3 Å². The molecule has 1 aliphatic heterocycles. The highest BCUT2D eigenvalue weighted by Crippen LogP contribution is 2.18. The van der Waals surface area contributed by atoms with Gasteiger partial charge in [0.05, 0.1) is 17.9 Å². The molecule has 0 radical (unpaired) electrons. The number of ether oxygens (including phenoxy) is 2. The number of rotatable bonds is 5. The summed E-state index contributed by atoms with van der Waals surface area (Å²) in [5.41, 5.74) is 1.19. The Balaban J connectivity index is 1.75. The van der Waals surface area contributed by atoms with Crippen molar-refractivity contribution in [2.75, 3.05) is 6.61 Å². The van der Waals surface area contributed by atoms with Crippen LogP contribution < -0.4 is 15.6 Å². The Labute approximate surface area is 145 Å². The first kappa shape index (κ1) is 17.7. The summed E-state index contributed by atoms with van der Waals surface area (Å²) in [6.07, 6.45) is -0.589. The number of aromatic nitrogens is 4. The Kier molecular flexibility index (Phi) is 4.78. The minimum atomic E-state index is -4.47. The van der Waals surface area contributed by atoms with Gasteiger partial charge in [0, 0.05) is 24.0 Å². The lowest BCUT2D eigenvalue weighted by molar-refractivity contribution is -0.154. The van der Waals surface area contributed by atoms with Crippen molar-refractivity contribution in [2.45, 2.75) is 25.9 Å². The maximum absolute atomic E-state index is 12.1. The molecule has 0 saturated carbocycles. The summed E-state index contributed by atoms with van der Waals surface area (Å²) >= 11 is 0. The van der Waals surface area contributed by atoms with Crippen LogP contribution in [0, 0.1) is 0 Å². The highest BCUT2D eigenvalue weighted by Gasteiger charge is 2.28. The zero-order valence-corrected chi connectivity index (χ0v) is 13.5. The highest BCUT2D eigenvalue weighted by atomic mass is 19.4. The molecular weight excluding hydrogens is 355 g/mol. The van der Waals surface area contributed by atoms with Crippen LogP contribution in [0.2, 0.25) is 0 Å². The normalized spacial score (nSPS) is 16.6. The SMILES string of the molecule is CC1NC(Cn2nc(-c3cnc(OCC(F)(F)F)nc3)ccc2=O)=CO1. The number of nitrogens with one attached hydrogen (secondary N) is 1. The number of nitrogens with zero attached hydrogens (tertiary/aromatic N) is 4. The minimum absolute atomic E-state index is 0.179. The zero-order chi connectivity index (χ0) is 18.7. The minimum Gasteiger partial charge on any atom is -0.477 e. The van der Waals surface area contributed by atoms with Crippen molar-refractivity contribution in [3.8, 4) is 17.3 Å². The van der Waals surface area contributed by atoms with E-state index in [2.05, 4.69) is 25.1 Å². The molecule has 0 saturated heterocycles. The fraction of sp³-hybridized carbons (Fsp3) is 0.333. The largest absolute Gasteiger partial charge is 0.477 e. The number of halogens is 3. The molecular formula is C15H14F3N5O3. The Hall–Kier alpha value is -3.11. The van der Waals surface area contributed by atoms with Crippen LogP contribution in [0.1, 0.15) is 6.92 Å². The lowest BCUT2D eigenvalue weighted by atomic mass is 10.2. The predicted molar refractivity (Wildman–Crippen MR) is 82.8 cm³/mol. The van der Waals surface area contributed by atoms with Gasteiger partial charge >= 0.3 is 12.2 Å². The molecule has 1 aliphatic rings. The predicted octanol–water partition coefficient (Wildman–Crippen LogP) is 1.45. The van der Waals surface area contributed by atoms with Gasteiger partial charge in [0.2, 0.25) is 0 Å². The number of allylic oxidation sites excluding steroid dienone is 1. The van der Waals surface area contributed by atoms with Crippen LogP contribution in [0.4, 0.5) is 13.2 Å².